The first-order chi connectivity index (χ1) is 13.3. The van der Waals surface area contributed by atoms with Crippen molar-refractivity contribution in [3.63, 3.8) is 0 Å². The van der Waals surface area contributed by atoms with Crippen LogP contribution in [-0.4, -0.2) is 56.3 Å². The van der Waals surface area contributed by atoms with E-state index in [9.17, 15) is 17.6 Å². The summed E-state index contributed by atoms with van der Waals surface area (Å²) in [6, 6.07) is 13.7. The molecule has 1 heterocycles. The molecule has 0 radical (unpaired) electrons. The number of amides is 1. The molecule has 1 N–H and O–H groups in total. The Kier molecular flexibility index (Phi) is 6.43. The van der Waals surface area contributed by atoms with Crippen LogP contribution in [0.5, 0.6) is 0 Å². The van der Waals surface area contributed by atoms with Crippen molar-refractivity contribution in [2.75, 3.05) is 38.0 Å². The van der Waals surface area contributed by atoms with Crippen LogP contribution in [0.1, 0.15) is 11.1 Å². The average Bonchev–Trinajstić information content (AvgIpc) is 2.65. The number of piperazine rings is 1. The summed E-state index contributed by atoms with van der Waals surface area (Å²) in [6.45, 7) is 3.45. The number of halogens is 1. The number of sulfonamides is 1. The van der Waals surface area contributed by atoms with E-state index in [1.54, 1.807) is 31.2 Å². The first-order valence-corrected chi connectivity index (χ1v) is 10.7. The highest BCUT2D eigenvalue weighted by atomic mass is 32.2. The van der Waals surface area contributed by atoms with Crippen LogP contribution < -0.4 is 5.32 Å². The summed E-state index contributed by atoms with van der Waals surface area (Å²) in [6.07, 6.45) is 0. The summed E-state index contributed by atoms with van der Waals surface area (Å²) < 4.78 is 40.2. The van der Waals surface area contributed by atoms with Crippen molar-refractivity contribution in [1.82, 2.24) is 9.21 Å². The zero-order valence-corrected chi connectivity index (χ0v) is 16.6. The van der Waals surface area contributed by atoms with Crippen LogP contribution in [-0.2, 0) is 20.6 Å². The van der Waals surface area contributed by atoms with E-state index in [2.05, 4.69) is 5.32 Å². The van der Waals surface area contributed by atoms with Crippen molar-refractivity contribution in [3.05, 3.63) is 65.5 Å². The molecule has 1 fully saturated rings. The standard InChI is InChI=1S/C20H24FN3O3S/c1-16-7-8-18(13-19(16)21)22-20(25)14-23-9-11-24(12-10-23)28(26,27)15-17-5-3-2-4-6-17/h2-8,13H,9-12,14-15H2,1H3,(H,22,25). The van der Waals surface area contributed by atoms with Crippen LogP contribution >= 0.6 is 0 Å². The van der Waals surface area contributed by atoms with Gasteiger partial charge in [0.2, 0.25) is 15.9 Å². The maximum atomic E-state index is 13.6. The van der Waals surface area contributed by atoms with Crippen LogP contribution in [0.3, 0.4) is 0 Å². The van der Waals surface area contributed by atoms with E-state index in [0.717, 1.165) is 5.56 Å². The second kappa shape index (κ2) is 8.81. The number of nitrogens with one attached hydrogen (secondary N) is 1. The summed E-state index contributed by atoms with van der Waals surface area (Å²) in [5.41, 5.74) is 1.69. The predicted molar refractivity (Wildman–Crippen MR) is 107 cm³/mol. The molecule has 3 rings (SSSR count). The second-order valence-corrected chi connectivity index (χ2v) is 8.90. The fraction of sp³-hybridized carbons (Fsp3) is 0.350. The molecule has 0 aromatic heterocycles. The largest absolute Gasteiger partial charge is 0.325 e. The number of hydrogen-bond donors (Lipinski definition) is 1. The van der Waals surface area contributed by atoms with Gasteiger partial charge in [-0.15, -0.1) is 0 Å². The maximum Gasteiger partial charge on any atom is 0.238 e. The van der Waals surface area contributed by atoms with Gasteiger partial charge in [0.15, 0.2) is 0 Å². The van der Waals surface area contributed by atoms with Crippen LogP contribution in [0.15, 0.2) is 48.5 Å². The van der Waals surface area contributed by atoms with Gasteiger partial charge in [-0.1, -0.05) is 36.4 Å². The number of aryl methyl sites for hydroxylation is 1. The Morgan fingerprint density at radius 2 is 1.75 bits per heavy atom. The van der Waals surface area contributed by atoms with Crippen molar-refractivity contribution >= 4 is 21.6 Å². The lowest BCUT2D eigenvalue weighted by molar-refractivity contribution is -0.117. The van der Waals surface area contributed by atoms with Crippen molar-refractivity contribution < 1.29 is 17.6 Å². The molecular formula is C20H24FN3O3S. The Hall–Kier alpha value is -2.29. The number of carbonyl (C=O) groups is 1. The van der Waals surface area contributed by atoms with E-state index in [1.807, 2.05) is 23.1 Å². The lowest BCUT2D eigenvalue weighted by atomic mass is 10.2. The Labute approximate surface area is 165 Å². The van der Waals surface area contributed by atoms with E-state index in [-0.39, 0.29) is 24.0 Å². The van der Waals surface area contributed by atoms with Gasteiger partial charge in [-0.2, -0.15) is 4.31 Å². The first-order valence-electron chi connectivity index (χ1n) is 9.13. The number of hydrogen-bond acceptors (Lipinski definition) is 4. The molecule has 0 aliphatic carbocycles. The molecule has 0 atom stereocenters. The number of anilines is 1. The van der Waals surface area contributed by atoms with Gasteiger partial charge in [-0.05, 0) is 30.2 Å². The van der Waals surface area contributed by atoms with E-state index in [0.29, 0.717) is 37.4 Å². The van der Waals surface area contributed by atoms with E-state index >= 15 is 0 Å². The smallest absolute Gasteiger partial charge is 0.238 e. The third kappa shape index (κ3) is 5.37. The third-order valence-corrected chi connectivity index (χ3v) is 6.59. The fourth-order valence-electron chi connectivity index (χ4n) is 3.12. The predicted octanol–water partition coefficient (Wildman–Crippen LogP) is 2.22. The highest BCUT2D eigenvalue weighted by Crippen LogP contribution is 2.15. The van der Waals surface area contributed by atoms with Gasteiger partial charge in [-0.25, -0.2) is 12.8 Å². The summed E-state index contributed by atoms with van der Waals surface area (Å²) >= 11 is 0. The molecule has 1 aliphatic heterocycles. The van der Waals surface area contributed by atoms with Gasteiger partial charge in [-0.3, -0.25) is 9.69 Å². The zero-order valence-electron chi connectivity index (χ0n) is 15.8. The number of rotatable bonds is 6. The number of nitrogens with zero attached hydrogens (tertiary/aromatic N) is 2. The molecule has 6 nitrogen and oxygen atoms in total. The van der Waals surface area contributed by atoms with Crippen LogP contribution in [0.4, 0.5) is 10.1 Å². The summed E-state index contributed by atoms with van der Waals surface area (Å²) in [4.78, 5) is 14.1. The molecule has 8 heteroatoms. The number of benzene rings is 2. The summed E-state index contributed by atoms with van der Waals surface area (Å²) in [5.74, 6) is -0.633. The molecule has 2 aromatic rings. The molecule has 2 aromatic carbocycles. The molecule has 0 unspecified atom stereocenters. The van der Waals surface area contributed by atoms with E-state index in [1.165, 1.54) is 10.4 Å². The van der Waals surface area contributed by atoms with Gasteiger partial charge in [0.25, 0.3) is 0 Å². The van der Waals surface area contributed by atoms with Crippen LogP contribution in [0.2, 0.25) is 0 Å². The van der Waals surface area contributed by atoms with E-state index < -0.39 is 10.0 Å². The molecule has 0 bridgehead atoms. The molecule has 1 saturated heterocycles. The molecular weight excluding hydrogens is 381 g/mol. The SMILES string of the molecule is Cc1ccc(NC(=O)CN2CCN(S(=O)(=O)Cc3ccccc3)CC2)cc1F. The topological polar surface area (TPSA) is 69.7 Å². The second-order valence-electron chi connectivity index (χ2n) is 6.93. The van der Waals surface area contributed by atoms with Gasteiger partial charge < -0.3 is 5.32 Å². The lowest BCUT2D eigenvalue weighted by Crippen LogP contribution is -2.50. The highest BCUT2D eigenvalue weighted by molar-refractivity contribution is 7.88. The fourth-order valence-corrected chi connectivity index (χ4v) is 4.63. The minimum absolute atomic E-state index is 0.0205. The molecule has 150 valence electrons. The van der Waals surface area contributed by atoms with Gasteiger partial charge in [0, 0.05) is 31.9 Å². The van der Waals surface area contributed by atoms with Gasteiger partial charge >= 0.3 is 0 Å². The molecule has 0 saturated carbocycles. The average molecular weight is 405 g/mol. The zero-order chi connectivity index (χ0) is 20.1. The van der Waals surface area contributed by atoms with Crippen molar-refractivity contribution in [1.29, 1.82) is 0 Å². The lowest BCUT2D eigenvalue weighted by Gasteiger charge is -2.33. The minimum Gasteiger partial charge on any atom is -0.325 e. The normalized spacial score (nSPS) is 16.1. The third-order valence-electron chi connectivity index (χ3n) is 4.74. The monoisotopic (exact) mass is 405 g/mol. The van der Waals surface area contributed by atoms with Crippen molar-refractivity contribution in [2.24, 2.45) is 0 Å². The quantitative estimate of drug-likeness (QED) is 0.800. The Balaban J connectivity index is 1.49. The highest BCUT2D eigenvalue weighted by Gasteiger charge is 2.27. The summed E-state index contributed by atoms with van der Waals surface area (Å²) in [5, 5.41) is 2.68. The molecule has 1 amide bonds. The van der Waals surface area contributed by atoms with Gasteiger partial charge in [0.05, 0.1) is 12.3 Å². The van der Waals surface area contributed by atoms with Crippen molar-refractivity contribution in [2.45, 2.75) is 12.7 Å². The minimum atomic E-state index is -3.38. The Morgan fingerprint density at radius 3 is 2.39 bits per heavy atom. The molecule has 28 heavy (non-hydrogen) atoms. The van der Waals surface area contributed by atoms with E-state index in [4.69, 9.17) is 0 Å². The first kappa shape index (κ1) is 20.4. The van der Waals surface area contributed by atoms with Crippen molar-refractivity contribution in [3.8, 4) is 0 Å². The molecule has 0 spiro atoms. The van der Waals surface area contributed by atoms with Gasteiger partial charge in [0.1, 0.15) is 5.82 Å². The Morgan fingerprint density at radius 1 is 1.07 bits per heavy atom. The number of carbonyl (C=O) groups excluding carboxylic acids is 1. The van der Waals surface area contributed by atoms with Crippen LogP contribution in [0, 0.1) is 12.7 Å². The van der Waals surface area contributed by atoms with Crippen LogP contribution in [0.25, 0.3) is 0 Å². The molecule has 1 aliphatic rings. The summed E-state index contributed by atoms with van der Waals surface area (Å²) in [7, 11) is -3.38. The Bertz CT molecular complexity index is 927. The maximum absolute atomic E-state index is 13.6.